The van der Waals surface area contributed by atoms with Gasteiger partial charge >= 0.3 is 11.9 Å². The van der Waals surface area contributed by atoms with Crippen LogP contribution < -0.4 is 4.74 Å². The number of likely N-dealkylation sites (tertiary alicyclic amines) is 1. The Balaban J connectivity index is 1.08. The van der Waals surface area contributed by atoms with Gasteiger partial charge in [0.05, 0.1) is 23.4 Å². The summed E-state index contributed by atoms with van der Waals surface area (Å²) in [6.07, 6.45) is 20.3. The van der Waals surface area contributed by atoms with Gasteiger partial charge in [-0.05, 0) is 50.6 Å². The van der Waals surface area contributed by atoms with Crippen molar-refractivity contribution in [3.05, 3.63) is 35.1 Å². The van der Waals surface area contributed by atoms with Crippen molar-refractivity contribution in [2.75, 3.05) is 13.6 Å². The Morgan fingerprint density at radius 1 is 0.939 bits per heavy atom. The molecule has 0 unspecified atom stereocenters. The first kappa shape index (κ1) is 37.3. The number of carboxylic acid groups (broad SMARTS) is 1. The first-order valence-corrected chi connectivity index (χ1v) is 19.2. The molecular weight excluding hydrogens is 622 g/mol. The van der Waals surface area contributed by atoms with Crippen molar-refractivity contribution in [3.63, 3.8) is 0 Å². The number of aliphatic hydroxyl groups is 1. The number of aromatic hydroxyl groups is 1. The number of phenols is 1. The predicted molar refractivity (Wildman–Crippen MR) is 188 cm³/mol. The van der Waals surface area contributed by atoms with Gasteiger partial charge in [-0.25, -0.2) is 0 Å². The molecule has 9 nitrogen and oxygen atoms in total. The van der Waals surface area contributed by atoms with E-state index in [9.17, 15) is 29.7 Å². The van der Waals surface area contributed by atoms with E-state index >= 15 is 0 Å². The molecule has 0 amide bonds. The van der Waals surface area contributed by atoms with Gasteiger partial charge in [0.1, 0.15) is 11.5 Å². The molecule has 0 saturated carbocycles. The average molecular weight is 682 g/mol. The van der Waals surface area contributed by atoms with Crippen LogP contribution in [-0.4, -0.2) is 69.3 Å². The number of likely N-dealkylation sites (N-methyl/N-ethyl adjacent to an activating group) is 1. The highest BCUT2D eigenvalue weighted by molar-refractivity contribution is 5.87. The molecule has 2 aliphatic carbocycles. The molecule has 49 heavy (non-hydrogen) atoms. The molecule has 3 N–H and O–H groups in total. The molecule has 1 aromatic carbocycles. The van der Waals surface area contributed by atoms with Crippen LogP contribution in [0, 0.1) is 5.92 Å². The molecule has 9 heteroatoms. The lowest BCUT2D eigenvalue weighted by atomic mass is 9.50. The number of carboxylic acids is 1. The van der Waals surface area contributed by atoms with Crippen LogP contribution in [0.2, 0.25) is 0 Å². The van der Waals surface area contributed by atoms with Gasteiger partial charge in [0.25, 0.3) is 0 Å². The van der Waals surface area contributed by atoms with E-state index in [-0.39, 0.29) is 36.2 Å². The third-order valence-corrected chi connectivity index (χ3v) is 11.9. The van der Waals surface area contributed by atoms with Crippen molar-refractivity contribution in [2.24, 2.45) is 5.92 Å². The standard InChI is InChI=1S/C40H59NO8/c1-3-4-5-6-7-8-9-10-11-12-13-14-15-16-17-18-30(42)25-29(27-34(44)45)38(46)48-32-21-22-40(47)33-26-28-19-20-31(43)36-35(28)39(40,37(32)49-36)23-24-41(33)2/h19-21,29,33,37,43,47H,3-18,22-27H2,1-2H3,(H,44,45)/t29-,33+,37-,39-,40+/m0/s1. The lowest BCUT2D eigenvalue weighted by Crippen LogP contribution is -2.74. The molecule has 4 aliphatic rings. The van der Waals surface area contributed by atoms with Crippen molar-refractivity contribution < 1.29 is 39.2 Å². The number of ether oxygens (including phenoxy) is 2. The van der Waals surface area contributed by atoms with Crippen LogP contribution >= 0.6 is 0 Å². The predicted octanol–water partition coefficient (Wildman–Crippen LogP) is 7.52. The summed E-state index contributed by atoms with van der Waals surface area (Å²) in [5, 5.41) is 32.6. The van der Waals surface area contributed by atoms with Crippen LogP contribution in [0.15, 0.2) is 24.0 Å². The number of Topliss-reactive ketones (excluding diaryl/α,β-unsaturated/α-hetero) is 1. The Morgan fingerprint density at radius 2 is 1.55 bits per heavy atom. The fourth-order valence-electron chi connectivity index (χ4n) is 9.16. The highest BCUT2D eigenvalue weighted by atomic mass is 16.6. The van der Waals surface area contributed by atoms with Crippen LogP contribution in [-0.2, 0) is 31.0 Å². The number of carbonyl (C=O) groups is 3. The van der Waals surface area contributed by atoms with Crippen LogP contribution in [0.3, 0.4) is 0 Å². The summed E-state index contributed by atoms with van der Waals surface area (Å²) in [6, 6.07) is 3.30. The van der Waals surface area contributed by atoms with E-state index in [2.05, 4.69) is 11.8 Å². The highest BCUT2D eigenvalue weighted by Gasteiger charge is 2.72. The van der Waals surface area contributed by atoms with E-state index in [4.69, 9.17) is 9.47 Å². The summed E-state index contributed by atoms with van der Waals surface area (Å²) in [5.74, 6) is -2.69. The molecule has 5 rings (SSSR count). The molecule has 1 saturated heterocycles. The van der Waals surface area contributed by atoms with Gasteiger partial charge in [-0.2, -0.15) is 0 Å². The van der Waals surface area contributed by atoms with E-state index < -0.39 is 41.4 Å². The molecule has 2 bridgehead atoms. The van der Waals surface area contributed by atoms with Crippen LogP contribution in [0.1, 0.15) is 146 Å². The third kappa shape index (κ3) is 8.03. The molecule has 5 atom stereocenters. The van der Waals surface area contributed by atoms with Gasteiger partial charge in [0.15, 0.2) is 17.6 Å². The summed E-state index contributed by atoms with van der Waals surface area (Å²) in [4.78, 5) is 40.4. The summed E-state index contributed by atoms with van der Waals surface area (Å²) in [5.41, 5.74) is -0.331. The van der Waals surface area contributed by atoms with Gasteiger partial charge in [0.2, 0.25) is 0 Å². The van der Waals surface area contributed by atoms with Gasteiger partial charge in [0, 0.05) is 30.9 Å². The molecule has 0 aromatic heterocycles. The third-order valence-electron chi connectivity index (χ3n) is 11.9. The Kier molecular flexibility index (Phi) is 12.9. The number of benzene rings is 1. The number of piperidine rings is 1. The maximum Gasteiger partial charge on any atom is 0.315 e. The Hall–Kier alpha value is -2.91. The average Bonchev–Trinajstić information content (AvgIpc) is 3.43. The molecule has 2 heterocycles. The normalized spacial score (nSPS) is 25.7. The van der Waals surface area contributed by atoms with Gasteiger partial charge in [-0.3, -0.25) is 14.4 Å². The topological polar surface area (TPSA) is 134 Å². The van der Waals surface area contributed by atoms with Crippen molar-refractivity contribution in [3.8, 4) is 11.5 Å². The summed E-state index contributed by atoms with van der Waals surface area (Å²) < 4.78 is 12.3. The molecule has 1 aromatic rings. The minimum absolute atomic E-state index is 0.0268. The minimum atomic E-state index is -1.20. The summed E-state index contributed by atoms with van der Waals surface area (Å²) in [6.45, 7) is 2.95. The van der Waals surface area contributed by atoms with E-state index in [1.54, 1.807) is 12.1 Å². The fourth-order valence-corrected chi connectivity index (χ4v) is 9.16. The Morgan fingerprint density at radius 3 is 2.16 bits per heavy atom. The second kappa shape index (κ2) is 16.9. The number of carbonyl (C=O) groups excluding carboxylic acids is 2. The monoisotopic (exact) mass is 681 g/mol. The lowest BCUT2D eigenvalue weighted by molar-refractivity contribution is -0.171. The molecule has 1 fully saturated rings. The largest absolute Gasteiger partial charge is 0.504 e. The summed E-state index contributed by atoms with van der Waals surface area (Å²) >= 11 is 0. The maximum atomic E-state index is 13.5. The molecular formula is C40H59NO8. The minimum Gasteiger partial charge on any atom is -0.504 e. The second-order valence-corrected chi connectivity index (χ2v) is 15.3. The first-order chi connectivity index (χ1) is 23.6. The van der Waals surface area contributed by atoms with Crippen LogP contribution in [0.4, 0.5) is 0 Å². The Labute approximate surface area is 292 Å². The van der Waals surface area contributed by atoms with Crippen molar-refractivity contribution in [1.29, 1.82) is 0 Å². The van der Waals surface area contributed by atoms with E-state index in [1.807, 2.05) is 13.1 Å². The number of esters is 1. The number of unbranched alkanes of at least 4 members (excludes halogenated alkanes) is 14. The lowest BCUT2D eigenvalue weighted by Gasteiger charge is -2.61. The van der Waals surface area contributed by atoms with E-state index in [0.717, 1.165) is 36.8 Å². The second-order valence-electron chi connectivity index (χ2n) is 15.3. The van der Waals surface area contributed by atoms with Crippen LogP contribution in [0.5, 0.6) is 11.5 Å². The van der Waals surface area contributed by atoms with Crippen molar-refractivity contribution >= 4 is 17.7 Å². The summed E-state index contributed by atoms with van der Waals surface area (Å²) in [7, 11) is 2.00. The number of rotatable bonds is 22. The van der Waals surface area contributed by atoms with Crippen molar-refractivity contribution in [2.45, 2.75) is 165 Å². The van der Waals surface area contributed by atoms with Gasteiger partial charge in [-0.15, -0.1) is 0 Å². The quantitative estimate of drug-likeness (QED) is 0.0839. The molecule has 2 aliphatic heterocycles. The smallest absolute Gasteiger partial charge is 0.315 e. The van der Waals surface area contributed by atoms with Gasteiger partial charge < -0.3 is 29.7 Å². The number of ketones is 1. The number of aliphatic carboxylic acids is 1. The van der Waals surface area contributed by atoms with Gasteiger partial charge in [-0.1, -0.05) is 103 Å². The zero-order valence-corrected chi connectivity index (χ0v) is 29.9. The zero-order chi connectivity index (χ0) is 35.0. The SMILES string of the molecule is CCCCCCCCCCCCCCCCCC(=O)C[C@@H](CC(=O)O)C(=O)OC1=CC[C@@]2(O)[C@H]3Cc4ccc(O)c5c4[C@@]2(CCN3C)[C@H]1O5. The Bertz CT molecular complexity index is 1360. The molecule has 272 valence electrons. The fraction of sp³-hybridized carbons (Fsp3) is 0.725. The maximum absolute atomic E-state index is 13.5. The van der Waals surface area contributed by atoms with Crippen molar-refractivity contribution in [1.82, 2.24) is 4.90 Å². The number of hydrogen-bond acceptors (Lipinski definition) is 8. The number of hydrogen-bond donors (Lipinski definition) is 3. The highest BCUT2D eigenvalue weighted by Crippen LogP contribution is 2.65. The van der Waals surface area contributed by atoms with Crippen LogP contribution in [0.25, 0.3) is 0 Å². The number of nitrogens with zero attached hydrogens (tertiary/aromatic N) is 1. The molecule has 1 spiro atoms. The zero-order valence-electron chi connectivity index (χ0n) is 29.9. The van der Waals surface area contributed by atoms with E-state index in [0.29, 0.717) is 31.6 Å². The number of phenolic OH excluding ortho intramolecular Hbond substituents is 1. The molecule has 0 radical (unpaired) electrons. The van der Waals surface area contributed by atoms with E-state index in [1.165, 1.54) is 70.6 Å². The first-order valence-electron chi connectivity index (χ1n) is 19.2.